The highest BCUT2D eigenvalue weighted by molar-refractivity contribution is 8.00. The van der Waals surface area contributed by atoms with Crippen molar-refractivity contribution in [1.29, 1.82) is 0 Å². The zero-order chi connectivity index (χ0) is 14.9. The first-order chi connectivity index (χ1) is 10.2. The van der Waals surface area contributed by atoms with Gasteiger partial charge in [-0.3, -0.25) is 4.79 Å². The van der Waals surface area contributed by atoms with Gasteiger partial charge in [0.25, 0.3) is 0 Å². The van der Waals surface area contributed by atoms with E-state index in [1.54, 1.807) is 11.8 Å². The predicted octanol–water partition coefficient (Wildman–Crippen LogP) is 3.08. The molecule has 1 N–H and O–H groups in total. The number of piperidine rings is 1. The van der Waals surface area contributed by atoms with Gasteiger partial charge in [0.2, 0.25) is 5.91 Å². The van der Waals surface area contributed by atoms with Crippen LogP contribution in [0, 0.1) is 6.92 Å². The quantitative estimate of drug-likeness (QED) is 0.620. The number of amides is 1. The van der Waals surface area contributed by atoms with Crippen molar-refractivity contribution < 1.29 is 4.79 Å². The Hall–Kier alpha value is -1.00. The van der Waals surface area contributed by atoms with Gasteiger partial charge < -0.3 is 10.2 Å². The van der Waals surface area contributed by atoms with Gasteiger partial charge in [-0.15, -0.1) is 11.8 Å². The number of benzene rings is 1. The van der Waals surface area contributed by atoms with Crippen LogP contribution in [-0.2, 0) is 4.79 Å². The number of likely N-dealkylation sites (tertiary alicyclic amines) is 1. The summed E-state index contributed by atoms with van der Waals surface area (Å²) in [6.07, 6.45) is 5.10. The van der Waals surface area contributed by atoms with E-state index in [4.69, 9.17) is 0 Å². The topological polar surface area (TPSA) is 32.3 Å². The van der Waals surface area contributed by atoms with Gasteiger partial charge in [0.15, 0.2) is 0 Å². The molecule has 1 amide bonds. The second-order valence-electron chi connectivity index (χ2n) is 5.71. The lowest BCUT2D eigenvalue weighted by molar-refractivity contribution is -0.118. The van der Waals surface area contributed by atoms with Gasteiger partial charge in [0, 0.05) is 11.4 Å². The van der Waals surface area contributed by atoms with Gasteiger partial charge in [-0.25, -0.2) is 0 Å². The van der Waals surface area contributed by atoms with Crippen molar-refractivity contribution in [2.75, 3.05) is 31.9 Å². The van der Waals surface area contributed by atoms with Crippen molar-refractivity contribution in [2.24, 2.45) is 0 Å². The third-order valence-electron chi connectivity index (χ3n) is 3.81. The highest BCUT2D eigenvalue weighted by atomic mass is 32.2. The predicted molar refractivity (Wildman–Crippen MR) is 89.8 cm³/mol. The smallest absolute Gasteiger partial charge is 0.230 e. The Balaban J connectivity index is 1.54. The minimum absolute atomic E-state index is 0.138. The minimum atomic E-state index is 0.138. The summed E-state index contributed by atoms with van der Waals surface area (Å²) in [5.74, 6) is 0.645. The molecule has 0 spiro atoms. The largest absolute Gasteiger partial charge is 0.355 e. The molecule has 0 radical (unpaired) electrons. The molecule has 0 unspecified atom stereocenters. The van der Waals surface area contributed by atoms with Crippen LogP contribution in [0.2, 0.25) is 0 Å². The third-order valence-corrected chi connectivity index (χ3v) is 4.82. The molecule has 1 saturated heterocycles. The average molecular weight is 306 g/mol. The Kier molecular flexibility index (Phi) is 7.10. The standard InChI is InChI=1S/C17H26N2OS/c1-15-6-8-16(9-7-15)21-14-17(20)18-10-5-13-19-11-3-2-4-12-19/h6-9H,2-5,10-14H2,1H3,(H,18,20). The van der Waals surface area contributed by atoms with E-state index < -0.39 is 0 Å². The number of hydrogen-bond acceptors (Lipinski definition) is 3. The molecule has 0 saturated carbocycles. The maximum Gasteiger partial charge on any atom is 0.230 e. The van der Waals surface area contributed by atoms with Gasteiger partial charge in [-0.1, -0.05) is 24.1 Å². The zero-order valence-electron chi connectivity index (χ0n) is 12.9. The lowest BCUT2D eigenvalue weighted by Gasteiger charge is -2.26. The molecule has 0 aromatic heterocycles. The maximum absolute atomic E-state index is 11.8. The van der Waals surface area contributed by atoms with Crippen LogP contribution < -0.4 is 5.32 Å². The molecule has 21 heavy (non-hydrogen) atoms. The lowest BCUT2D eigenvalue weighted by atomic mass is 10.1. The molecule has 116 valence electrons. The van der Waals surface area contributed by atoms with Crippen LogP contribution in [0.5, 0.6) is 0 Å². The minimum Gasteiger partial charge on any atom is -0.355 e. The van der Waals surface area contributed by atoms with Crippen LogP contribution in [0.1, 0.15) is 31.2 Å². The van der Waals surface area contributed by atoms with E-state index in [0.29, 0.717) is 5.75 Å². The van der Waals surface area contributed by atoms with Crippen LogP contribution >= 0.6 is 11.8 Å². The molecule has 1 aliphatic heterocycles. The highest BCUT2D eigenvalue weighted by Gasteiger charge is 2.09. The van der Waals surface area contributed by atoms with Gasteiger partial charge in [0.1, 0.15) is 0 Å². The molecule has 1 fully saturated rings. The number of rotatable bonds is 7. The van der Waals surface area contributed by atoms with Crippen LogP contribution in [0.3, 0.4) is 0 Å². The van der Waals surface area contributed by atoms with Gasteiger partial charge in [-0.05, 0) is 58.0 Å². The summed E-state index contributed by atoms with van der Waals surface area (Å²) >= 11 is 1.60. The molecule has 1 aromatic carbocycles. The molecule has 1 aromatic rings. The number of carbonyl (C=O) groups excluding carboxylic acids is 1. The lowest BCUT2D eigenvalue weighted by Crippen LogP contribution is -2.33. The second kappa shape index (κ2) is 9.11. The Morgan fingerprint density at radius 2 is 1.90 bits per heavy atom. The number of carbonyl (C=O) groups is 1. The number of nitrogens with one attached hydrogen (secondary N) is 1. The SMILES string of the molecule is Cc1ccc(SCC(=O)NCCCN2CCCCC2)cc1. The van der Waals surface area contributed by atoms with Gasteiger partial charge in [-0.2, -0.15) is 0 Å². The van der Waals surface area contributed by atoms with E-state index in [0.717, 1.165) is 24.4 Å². The summed E-state index contributed by atoms with van der Waals surface area (Å²) < 4.78 is 0. The van der Waals surface area contributed by atoms with Crippen LogP contribution in [0.4, 0.5) is 0 Å². The van der Waals surface area contributed by atoms with E-state index in [1.807, 2.05) is 0 Å². The average Bonchev–Trinajstić information content (AvgIpc) is 2.52. The van der Waals surface area contributed by atoms with Crippen molar-refractivity contribution in [3.8, 4) is 0 Å². The number of hydrogen-bond donors (Lipinski definition) is 1. The number of thioether (sulfide) groups is 1. The molecule has 0 atom stereocenters. The van der Waals surface area contributed by atoms with E-state index in [2.05, 4.69) is 41.4 Å². The summed E-state index contributed by atoms with van der Waals surface area (Å²) in [4.78, 5) is 15.5. The first-order valence-electron chi connectivity index (χ1n) is 7.92. The van der Waals surface area contributed by atoms with Crippen molar-refractivity contribution in [1.82, 2.24) is 10.2 Å². The van der Waals surface area contributed by atoms with E-state index >= 15 is 0 Å². The molecule has 0 aliphatic carbocycles. The molecular formula is C17H26N2OS. The summed E-state index contributed by atoms with van der Waals surface area (Å²) in [7, 11) is 0. The van der Waals surface area contributed by atoms with Crippen LogP contribution in [0.25, 0.3) is 0 Å². The van der Waals surface area contributed by atoms with Crippen molar-refractivity contribution >= 4 is 17.7 Å². The molecule has 3 nitrogen and oxygen atoms in total. The van der Waals surface area contributed by atoms with E-state index in [9.17, 15) is 4.79 Å². The van der Waals surface area contributed by atoms with E-state index in [-0.39, 0.29) is 5.91 Å². The molecular weight excluding hydrogens is 280 g/mol. The zero-order valence-corrected chi connectivity index (χ0v) is 13.8. The molecule has 2 rings (SSSR count). The van der Waals surface area contributed by atoms with Crippen LogP contribution in [0.15, 0.2) is 29.2 Å². The fraction of sp³-hybridized carbons (Fsp3) is 0.588. The van der Waals surface area contributed by atoms with Crippen molar-refractivity contribution in [3.63, 3.8) is 0 Å². The van der Waals surface area contributed by atoms with E-state index in [1.165, 1.54) is 37.9 Å². The summed E-state index contributed by atoms with van der Waals surface area (Å²) in [6, 6.07) is 8.31. The first-order valence-corrected chi connectivity index (χ1v) is 8.91. The summed E-state index contributed by atoms with van der Waals surface area (Å²) in [6.45, 7) is 6.45. The van der Waals surface area contributed by atoms with Crippen molar-refractivity contribution in [3.05, 3.63) is 29.8 Å². The number of aryl methyl sites for hydroxylation is 1. The maximum atomic E-state index is 11.8. The molecule has 4 heteroatoms. The van der Waals surface area contributed by atoms with Gasteiger partial charge in [0.05, 0.1) is 5.75 Å². The Morgan fingerprint density at radius 1 is 1.19 bits per heavy atom. The number of nitrogens with zero attached hydrogens (tertiary/aromatic N) is 1. The monoisotopic (exact) mass is 306 g/mol. The Labute approximate surface area is 132 Å². The highest BCUT2D eigenvalue weighted by Crippen LogP contribution is 2.17. The molecule has 1 aliphatic rings. The molecule has 1 heterocycles. The van der Waals surface area contributed by atoms with Gasteiger partial charge >= 0.3 is 0 Å². The Morgan fingerprint density at radius 3 is 2.62 bits per heavy atom. The normalized spacial score (nSPS) is 15.9. The van der Waals surface area contributed by atoms with Crippen molar-refractivity contribution in [2.45, 2.75) is 37.5 Å². The first kappa shape index (κ1) is 16.4. The third kappa shape index (κ3) is 6.53. The fourth-order valence-electron chi connectivity index (χ4n) is 2.55. The summed E-state index contributed by atoms with van der Waals surface area (Å²) in [5.41, 5.74) is 1.25. The van der Waals surface area contributed by atoms with Crippen LogP contribution in [-0.4, -0.2) is 42.7 Å². The second-order valence-corrected chi connectivity index (χ2v) is 6.76. The fourth-order valence-corrected chi connectivity index (χ4v) is 3.28. The summed E-state index contributed by atoms with van der Waals surface area (Å²) in [5, 5.41) is 3.02. The molecule has 0 bridgehead atoms. The Bertz CT molecular complexity index is 427.